The molecule has 2 aromatic rings. The Morgan fingerprint density at radius 1 is 0.711 bits per heavy atom. The van der Waals surface area contributed by atoms with Gasteiger partial charge in [0.2, 0.25) is 0 Å². The van der Waals surface area contributed by atoms with Crippen molar-refractivity contribution in [3.63, 3.8) is 0 Å². The molecule has 0 aliphatic heterocycles. The minimum Gasteiger partial charge on any atom is -0.508 e. The van der Waals surface area contributed by atoms with Crippen LogP contribution in [0.3, 0.4) is 0 Å². The van der Waals surface area contributed by atoms with Gasteiger partial charge in [0.15, 0.2) is 13.6 Å². The van der Waals surface area contributed by atoms with E-state index in [1.807, 2.05) is 12.1 Å². The van der Waals surface area contributed by atoms with Gasteiger partial charge in [0.05, 0.1) is 0 Å². The number of aliphatic hydroxyl groups is 2. The highest BCUT2D eigenvalue weighted by atomic mass is 16.7. The predicted octanol–water partition coefficient (Wildman–Crippen LogP) is 5.28. The molecule has 0 saturated heterocycles. The first kappa shape index (κ1) is 30.0. The summed E-state index contributed by atoms with van der Waals surface area (Å²) in [6.45, 7) is 0.908. The normalized spacial score (nSPS) is 23.3. The molecule has 4 N–H and O–H groups in total. The van der Waals surface area contributed by atoms with Gasteiger partial charge in [0, 0.05) is 39.6 Å². The smallest absolute Gasteiger partial charge is 0.188 e. The maximum Gasteiger partial charge on any atom is 0.188 e. The zero-order valence-corrected chi connectivity index (χ0v) is 22.7. The van der Waals surface area contributed by atoms with E-state index >= 15 is 0 Å². The van der Waals surface area contributed by atoms with Gasteiger partial charge in [0.1, 0.15) is 23.0 Å². The van der Waals surface area contributed by atoms with Gasteiger partial charge in [-0.25, -0.2) is 0 Å². The van der Waals surface area contributed by atoms with Crippen LogP contribution in [0.1, 0.15) is 74.3 Å². The van der Waals surface area contributed by atoms with Crippen LogP contribution in [0, 0.1) is 11.8 Å². The van der Waals surface area contributed by atoms with Crippen molar-refractivity contribution >= 4 is 0 Å². The van der Waals surface area contributed by atoms with Gasteiger partial charge in [-0.05, 0) is 85.5 Å². The Bertz CT molecular complexity index is 965. The Morgan fingerprint density at radius 3 is 1.87 bits per heavy atom. The van der Waals surface area contributed by atoms with Gasteiger partial charge >= 0.3 is 0 Å². The zero-order valence-electron chi connectivity index (χ0n) is 22.7. The molecule has 0 amide bonds. The number of ether oxygens (including phenoxy) is 4. The minimum absolute atomic E-state index is 0.0933. The van der Waals surface area contributed by atoms with E-state index in [2.05, 4.69) is 6.07 Å². The summed E-state index contributed by atoms with van der Waals surface area (Å²) < 4.78 is 21.2. The molecule has 4 rings (SSSR count). The number of phenols is 2. The van der Waals surface area contributed by atoms with Gasteiger partial charge in [0.25, 0.3) is 0 Å². The summed E-state index contributed by atoms with van der Waals surface area (Å²) in [6, 6.07) is 10.7. The number of rotatable bonds is 10. The van der Waals surface area contributed by atoms with Crippen LogP contribution in [0.5, 0.6) is 23.0 Å². The molecule has 2 saturated carbocycles. The van der Waals surface area contributed by atoms with E-state index in [1.165, 1.54) is 11.6 Å². The van der Waals surface area contributed by atoms with E-state index in [9.17, 15) is 15.3 Å². The Morgan fingerprint density at radius 2 is 1.29 bits per heavy atom. The third-order valence-electron chi connectivity index (χ3n) is 7.64. The van der Waals surface area contributed by atoms with E-state index in [0.29, 0.717) is 29.4 Å². The summed E-state index contributed by atoms with van der Waals surface area (Å²) in [5.41, 5.74) is 2.07. The van der Waals surface area contributed by atoms with Crippen molar-refractivity contribution in [2.24, 2.45) is 11.8 Å². The second kappa shape index (κ2) is 15.8. The van der Waals surface area contributed by atoms with E-state index in [4.69, 9.17) is 24.1 Å². The SMILES string of the molecule is COCOc1ccc(C2CCCC(CO)C2)c(OCOC)c1.OCC1CCCC(c2ccc(O)cc2O)C1. The van der Waals surface area contributed by atoms with Crippen LogP contribution in [0.15, 0.2) is 36.4 Å². The van der Waals surface area contributed by atoms with Crippen molar-refractivity contribution in [2.75, 3.05) is 41.0 Å². The Labute approximate surface area is 226 Å². The second-order valence-electron chi connectivity index (χ2n) is 10.4. The minimum atomic E-state index is 0.0933. The quantitative estimate of drug-likeness (QED) is 0.305. The first-order valence-corrected chi connectivity index (χ1v) is 13.6. The van der Waals surface area contributed by atoms with Crippen molar-refractivity contribution in [3.8, 4) is 23.0 Å². The summed E-state index contributed by atoms with van der Waals surface area (Å²) in [5, 5.41) is 37.6. The largest absolute Gasteiger partial charge is 0.508 e. The highest BCUT2D eigenvalue weighted by molar-refractivity contribution is 5.43. The molecule has 38 heavy (non-hydrogen) atoms. The number of aliphatic hydroxyl groups excluding tert-OH is 2. The lowest BCUT2D eigenvalue weighted by molar-refractivity contribution is 0.0451. The Balaban J connectivity index is 0.000000221. The number of methoxy groups -OCH3 is 2. The number of hydrogen-bond acceptors (Lipinski definition) is 8. The van der Waals surface area contributed by atoms with Crippen molar-refractivity contribution in [1.29, 1.82) is 0 Å². The van der Waals surface area contributed by atoms with Crippen molar-refractivity contribution in [3.05, 3.63) is 47.5 Å². The molecule has 8 heteroatoms. The maximum absolute atomic E-state index is 9.78. The van der Waals surface area contributed by atoms with Crippen LogP contribution in [0.4, 0.5) is 0 Å². The zero-order chi connectivity index (χ0) is 27.3. The average molecular weight is 533 g/mol. The van der Waals surface area contributed by atoms with Crippen molar-refractivity contribution in [1.82, 2.24) is 0 Å². The van der Waals surface area contributed by atoms with Gasteiger partial charge < -0.3 is 39.4 Å². The van der Waals surface area contributed by atoms with Crippen LogP contribution in [-0.4, -0.2) is 61.4 Å². The fraction of sp³-hybridized carbons (Fsp3) is 0.600. The van der Waals surface area contributed by atoms with E-state index in [1.54, 1.807) is 26.4 Å². The van der Waals surface area contributed by atoms with Crippen LogP contribution >= 0.6 is 0 Å². The molecule has 2 aromatic carbocycles. The van der Waals surface area contributed by atoms with Crippen molar-refractivity contribution in [2.45, 2.75) is 63.2 Å². The molecule has 212 valence electrons. The summed E-state index contributed by atoms with van der Waals surface area (Å²) in [6.07, 6.45) is 8.51. The fourth-order valence-electron chi connectivity index (χ4n) is 5.67. The highest BCUT2D eigenvalue weighted by Crippen LogP contribution is 2.42. The number of aromatic hydroxyl groups is 2. The maximum atomic E-state index is 9.78. The van der Waals surface area contributed by atoms with Gasteiger partial charge in [-0.15, -0.1) is 0 Å². The molecular formula is C30H44O8. The van der Waals surface area contributed by atoms with Crippen molar-refractivity contribution < 1.29 is 39.4 Å². The number of hydrogen-bond donors (Lipinski definition) is 4. The van der Waals surface area contributed by atoms with E-state index < -0.39 is 0 Å². The summed E-state index contributed by atoms with van der Waals surface area (Å²) in [4.78, 5) is 0. The highest BCUT2D eigenvalue weighted by Gasteiger charge is 2.26. The van der Waals surface area contributed by atoms with Crippen LogP contribution in [0.25, 0.3) is 0 Å². The molecule has 4 atom stereocenters. The van der Waals surface area contributed by atoms with Gasteiger partial charge in [-0.2, -0.15) is 0 Å². The molecular weight excluding hydrogens is 488 g/mol. The summed E-state index contributed by atoms with van der Waals surface area (Å²) >= 11 is 0. The number of benzene rings is 2. The average Bonchev–Trinajstić information content (AvgIpc) is 2.95. The summed E-state index contributed by atoms with van der Waals surface area (Å²) in [5.74, 6) is 3.23. The molecule has 0 heterocycles. The van der Waals surface area contributed by atoms with Crippen LogP contribution in [0.2, 0.25) is 0 Å². The predicted molar refractivity (Wildman–Crippen MR) is 145 cm³/mol. The van der Waals surface area contributed by atoms with Gasteiger partial charge in [-0.1, -0.05) is 25.0 Å². The third kappa shape index (κ3) is 8.76. The lowest BCUT2D eigenvalue weighted by Crippen LogP contribution is -2.18. The van der Waals surface area contributed by atoms with Gasteiger partial charge in [-0.3, -0.25) is 0 Å². The third-order valence-corrected chi connectivity index (χ3v) is 7.64. The Hall–Kier alpha value is -2.52. The molecule has 0 aromatic heterocycles. The second-order valence-corrected chi connectivity index (χ2v) is 10.4. The number of phenolic OH excluding ortho intramolecular Hbond substituents is 2. The first-order chi connectivity index (χ1) is 18.5. The molecule has 2 fully saturated rings. The fourth-order valence-corrected chi connectivity index (χ4v) is 5.67. The molecule has 8 nitrogen and oxygen atoms in total. The molecule has 0 radical (unpaired) electrons. The van der Waals surface area contributed by atoms with Crippen LogP contribution < -0.4 is 9.47 Å². The standard InChI is InChI=1S/C17H26O5.C13H18O3/c1-19-11-21-15-6-7-16(17(9-15)22-12-20-2)14-5-3-4-13(8-14)10-18;14-8-9-2-1-3-10(6-9)12-5-4-11(15)7-13(12)16/h6-7,9,13-14,18H,3-5,8,10-12H2,1-2H3;4-5,7,9-10,14-16H,1-3,6,8H2. The lowest BCUT2D eigenvalue weighted by Gasteiger charge is -2.29. The molecule has 2 aliphatic carbocycles. The lowest BCUT2D eigenvalue weighted by atomic mass is 9.78. The Kier molecular flexibility index (Phi) is 12.5. The molecule has 0 bridgehead atoms. The molecule has 0 spiro atoms. The molecule has 4 unspecified atom stereocenters. The molecule has 2 aliphatic rings. The monoisotopic (exact) mass is 532 g/mol. The topological polar surface area (TPSA) is 118 Å². The first-order valence-electron chi connectivity index (χ1n) is 13.6. The van der Waals surface area contributed by atoms with E-state index in [0.717, 1.165) is 62.7 Å². The van der Waals surface area contributed by atoms with Crippen LogP contribution in [-0.2, 0) is 9.47 Å². The summed E-state index contributed by atoms with van der Waals surface area (Å²) in [7, 11) is 3.20. The van der Waals surface area contributed by atoms with E-state index in [-0.39, 0.29) is 38.3 Å².